The second kappa shape index (κ2) is 4.73. The summed E-state index contributed by atoms with van der Waals surface area (Å²) in [5.41, 5.74) is -0.358. The van der Waals surface area contributed by atoms with Crippen molar-refractivity contribution in [1.29, 1.82) is 0 Å². The van der Waals surface area contributed by atoms with Crippen molar-refractivity contribution in [3.63, 3.8) is 0 Å². The Balaban J connectivity index is 2.55. The highest BCUT2D eigenvalue weighted by molar-refractivity contribution is 6.01. The van der Waals surface area contributed by atoms with Crippen LogP contribution in [-0.2, 0) is 9.59 Å². The third kappa shape index (κ3) is 3.72. The molecule has 1 atom stereocenters. The van der Waals surface area contributed by atoms with Crippen LogP contribution in [0.3, 0.4) is 0 Å². The highest BCUT2D eigenvalue weighted by Crippen LogP contribution is 2.11. The molecule has 0 spiro atoms. The van der Waals surface area contributed by atoms with E-state index in [1.54, 1.807) is 0 Å². The fraction of sp³-hybridized carbons (Fsp3) is 0.727. The molecule has 0 saturated carbocycles. The molecule has 1 aliphatic heterocycles. The number of nitrogens with zero attached hydrogens (tertiary/aromatic N) is 1. The quantitative estimate of drug-likeness (QED) is 0.645. The van der Waals surface area contributed by atoms with Crippen molar-refractivity contribution in [3.8, 4) is 0 Å². The van der Waals surface area contributed by atoms with E-state index in [-0.39, 0.29) is 23.8 Å². The first-order chi connectivity index (χ1) is 7.70. The number of piperidine rings is 1. The molecule has 1 rings (SSSR count). The van der Waals surface area contributed by atoms with Gasteiger partial charge >= 0.3 is 6.03 Å². The van der Waals surface area contributed by atoms with E-state index < -0.39 is 12.1 Å². The molecule has 96 valence electrons. The lowest BCUT2D eigenvalue weighted by Crippen LogP contribution is -2.57. The monoisotopic (exact) mass is 241 g/mol. The zero-order valence-corrected chi connectivity index (χ0v) is 10.7. The van der Waals surface area contributed by atoms with E-state index in [9.17, 15) is 14.4 Å². The van der Waals surface area contributed by atoms with E-state index in [1.165, 1.54) is 7.05 Å². The zero-order valence-electron chi connectivity index (χ0n) is 10.7. The van der Waals surface area contributed by atoms with E-state index in [0.29, 0.717) is 6.42 Å². The van der Waals surface area contributed by atoms with Crippen molar-refractivity contribution in [1.82, 2.24) is 15.5 Å². The Morgan fingerprint density at radius 1 is 1.35 bits per heavy atom. The molecule has 0 bridgehead atoms. The molecular weight excluding hydrogens is 222 g/mol. The molecule has 6 nitrogen and oxygen atoms in total. The van der Waals surface area contributed by atoms with Crippen molar-refractivity contribution in [2.75, 3.05) is 7.05 Å². The molecule has 1 aliphatic rings. The Bertz CT molecular complexity index is 346. The van der Waals surface area contributed by atoms with Crippen molar-refractivity contribution in [2.24, 2.45) is 0 Å². The molecule has 1 saturated heterocycles. The normalized spacial score (nSPS) is 21.4. The lowest BCUT2D eigenvalue weighted by atomic mass is 10.0. The number of carbonyl (C=O) groups is 3. The number of imide groups is 1. The predicted octanol–water partition coefficient (Wildman–Crippen LogP) is 0.231. The van der Waals surface area contributed by atoms with Gasteiger partial charge in [0.2, 0.25) is 5.91 Å². The number of carbonyl (C=O) groups excluding carboxylic acids is 3. The molecule has 6 heteroatoms. The summed E-state index contributed by atoms with van der Waals surface area (Å²) >= 11 is 0. The first-order valence-corrected chi connectivity index (χ1v) is 5.60. The topological polar surface area (TPSA) is 78.5 Å². The minimum Gasteiger partial charge on any atom is -0.334 e. The molecule has 0 aliphatic carbocycles. The van der Waals surface area contributed by atoms with Crippen LogP contribution < -0.4 is 10.6 Å². The molecule has 1 fully saturated rings. The van der Waals surface area contributed by atoms with Crippen LogP contribution in [0.4, 0.5) is 4.79 Å². The highest BCUT2D eigenvalue weighted by Gasteiger charge is 2.33. The number of likely N-dealkylation sites (N-methyl/N-ethyl adjacent to an activating group) is 1. The van der Waals surface area contributed by atoms with Gasteiger partial charge in [0.15, 0.2) is 0 Å². The van der Waals surface area contributed by atoms with Crippen molar-refractivity contribution < 1.29 is 14.4 Å². The predicted molar refractivity (Wildman–Crippen MR) is 62.2 cm³/mol. The van der Waals surface area contributed by atoms with Crippen LogP contribution in [0, 0.1) is 0 Å². The molecular formula is C11H19N3O3. The molecule has 0 aromatic carbocycles. The Labute approximate surface area is 101 Å². The van der Waals surface area contributed by atoms with E-state index in [0.717, 1.165) is 4.90 Å². The molecule has 4 amide bonds. The van der Waals surface area contributed by atoms with Crippen molar-refractivity contribution >= 4 is 17.8 Å². The largest absolute Gasteiger partial charge is 0.334 e. The average Bonchev–Trinajstić information content (AvgIpc) is 2.16. The Morgan fingerprint density at radius 3 is 2.47 bits per heavy atom. The van der Waals surface area contributed by atoms with Crippen LogP contribution >= 0.6 is 0 Å². The van der Waals surface area contributed by atoms with Gasteiger partial charge in [-0.2, -0.15) is 0 Å². The van der Waals surface area contributed by atoms with Crippen LogP contribution in [0.25, 0.3) is 0 Å². The van der Waals surface area contributed by atoms with Crippen molar-refractivity contribution in [3.05, 3.63) is 0 Å². The summed E-state index contributed by atoms with van der Waals surface area (Å²) in [6, 6.07) is -1.00. The maximum Gasteiger partial charge on any atom is 0.315 e. The van der Waals surface area contributed by atoms with Gasteiger partial charge in [0.25, 0.3) is 5.91 Å². The molecule has 0 aromatic heterocycles. The Hall–Kier alpha value is -1.59. The average molecular weight is 241 g/mol. The number of hydrogen-bond acceptors (Lipinski definition) is 3. The van der Waals surface area contributed by atoms with Gasteiger partial charge in [0, 0.05) is 19.0 Å². The number of nitrogens with one attached hydrogen (secondary N) is 2. The van der Waals surface area contributed by atoms with Gasteiger partial charge in [-0.15, -0.1) is 0 Å². The first kappa shape index (κ1) is 13.5. The van der Waals surface area contributed by atoms with Gasteiger partial charge in [-0.05, 0) is 27.2 Å². The van der Waals surface area contributed by atoms with Gasteiger partial charge in [0.05, 0.1) is 0 Å². The summed E-state index contributed by atoms with van der Waals surface area (Å²) in [6.45, 7) is 5.56. The number of amides is 4. The molecule has 17 heavy (non-hydrogen) atoms. The minimum atomic E-state index is -0.611. The summed E-state index contributed by atoms with van der Waals surface area (Å²) in [5, 5.41) is 5.29. The van der Waals surface area contributed by atoms with Gasteiger partial charge in [-0.25, -0.2) is 4.79 Å². The Kier molecular flexibility index (Phi) is 3.75. The molecule has 1 unspecified atom stereocenters. The summed E-state index contributed by atoms with van der Waals surface area (Å²) in [5.74, 6) is -0.561. The number of rotatable bonds is 1. The summed E-state index contributed by atoms with van der Waals surface area (Å²) in [6.07, 6.45) is 0.641. The molecule has 2 N–H and O–H groups in total. The molecule has 0 radical (unpaired) electrons. The standard InChI is InChI=1S/C11H19N3O3/c1-11(2,3)13-10(17)12-7-5-6-8(15)14(4)9(7)16/h7H,5-6H2,1-4H3,(H2,12,13,17). The summed E-state index contributed by atoms with van der Waals surface area (Å²) in [4.78, 5) is 35.6. The third-order valence-electron chi connectivity index (χ3n) is 2.44. The summed E-state index contributed by atoms with van der Waals surface area (Å²) < 4.78 is 0. The lowest BCUT2D eigenvalue weighted by molar-refractivity contribution is -0.147. The second-order valence-electron chi connectivity index (χ2n) is 5.23. The van der Waals surface area contributed by atoms with Gasteiger partial charge in [-0.1, -0.05) is 0 Å². The maximum atomic E-state index is 11.7. The zero-order chi connectivity index (χ0) is 13.2. The first-order valence-electron chi connectivity index (χ1n) is 5.60. The Morgan fingerprint density at radius 2 is 1.94 bits per heavy atom. The van der Waals surface area contributed by atoms with Crippen LogP contribution in [0.1, 0.15) is 33.6 Å². The van der Waals surface area contributed by atoms with E-state index >= 15 is 0 Å². The van der Waals surface area contributed by atoms with Crippen LogP contribution in [0.2, 0.25) is 0 Å². The van der Waals surface area contributed by atoms with Crippen LogP contribution in [0.5, 0.6) is 0 Å². The van der Waals surface area contributed by atoms with Crippen LogP contribution in [0.15, 0.2) is 0 Å². The SMILES string of the molecule is CN1C(=O)CCC(NC(=O)NC(C)(C)C)C1=O. The van der Waals surface area contributed by atoms with Gasteiger partial charge in [0.1, 0.15) is 6.04 Å². The number of hydrogen-bond donors (Lipinski definition) is 2. The van der Waals surface area contributed by atoms with E-state index in [1.807, 2.05) is 20.8 Å². The van der Waals surface area contributed by atoms with Gasteiger partial charge < -0.3 is 10.6 Å². The smallest absolute Gasteiger partial charge is 0.315 e. The van der Waals surface area contributed by atoms with E-state index in [2.05, 4.69) is 10.6 Å². The fourth-order valence-corrected chi connectivity index (χ4v) is 1.58. The number of likely N-dealkylation sites (tertiary alicyclic amines) is 1. The second-order valence-corrected chi connectivity index (χ2v) is 5.23. The highest BCUT2D eigenvalue weighted by atomic mass is 16.2. The molecule has 0 aromatic rings. The fourth-order valence-electron chi connectivity index (χ4n) is 1.58. The summed E-state index contributed by atoms with van der Waals surface area (Å²) in [7, 11) is 1.43. The van der Waals surface area contributed by atoms with Gasteiger partial charge in [-0.3, -0.25) is 14.5 Å². The molecule has 1 heterocycles. The van der Waals surface area contributed by atoms with Crippen LogP contribution in [-0.4, -0.2) is 41.4 Å². The lowest BCUT2D eigenvalue weighted by Gasteiger charge is -2.29. The van der Waals surface area contributed by atoms with E-state index in [4.69, 9.17) is 0 Å². The van der Waals surface area contributed by atoms with Crippen molar-refractivity contribution in [2.45, 2.75) is 45.2 Å². The number of urea groups is 1. The maximum absolute atomic E-state index is 11.7. The third-order valence-corrected chi connectivity index (χ3v) is 2.44. The minimum absolute atomic E-state index is 0.204.